The maximum atomic E-state index is 12.6. The Bertz CT molecular complexity index is 1150. The van der Waals surface area contributed by atoms with Crippen molar-refractivity contribution >= 4 is 39.2 Å². The van der Waals surface area contributed by atoms with Gasteiger partial charge in [0, 0.05) is 54.7 Å². The molecular formula is C22H24BrN7O2. The van der Waals surface area contributed by atoms with Crippen LogP contribution in [0, 0.1) is 19.8 Å². The van der Waals surface area contributed by atoms with Crippen LogP contribution in [0.4, 0.5) is 11.5 Å². The van der Waals surface area contributed by atoms with Crippen molar-refractivity contribution in [3.63, 3.8) is 0 Å². The third-order valence-electron chi connectivity index (χ3n) is 5.24. The number of nitrogens with one attached hydrogen (secondary N) is 2. The molecule has 0 bridgehead atoms. The molecule has 3 aromatic rings. The van der Waals surface area contributed by atoms with Crippen molar-refractivity contribution in [2.24, 2.45) is 5.92 Å². The molecule has 1 saturated heterocycles. The molecule has 0 radical (unpaired) electrons. The summed E-state index contributed by atoms with van der Waals surface area (Å²) in [6, 6.07) is 9.37. The van der Waals surface area contributed by atoms with Crippen molar-refractivity contribution in [3.8, 4) is 5.82 Å². The molecule has 10 heteroatoms. The van der Waals surface area contributed by atoms with Crippen molar-refractivity contribution in [2.45, 2.75) is 20.3 Å². The highest BCUT2D eigenvalue weighted by molar-refractivity contribution is 9.10. The van der Waals surface area contributed by atoms with Gasteiger partial charge in [0.2, 0.25) is 11.8 Å². The van der Waals surface area contributed by atoms with Crippen LogP contribution < -0.4 is 15.5 Å². The highest BCUT2D eigenvalue weighted by atomic mass is 79.9. The van der Waals surface area contributed by atoms with Gasteiger partial charge in [-0.25, -0.2) is 15.0 Å². The minimum absolute atomic E-state index is 0.0415. The summed E-state index contributed by atoms with van der Waals surface area (Å²) in [4.78, 5) is 39.7. The summed E-state index contributed by atoms with van der Waals surface area (Å²) < 4.78 is 2.78. The summed E-state index contributed by atoms with van der Waals surface area (Å²) in [6.07, 6.45) is 3.78. The van der Waals surface area contributed by atoms with Gasteiger partial charge in [-0.1, -0.05) is 22.0 Å². The molecule has 32 heavy (non-hydrogen) atoms. The summed E-state index contributed by atoms with van der Waals surface area (Å²) in [5, 5.41) is 6.14. The Morgan fingerprint density at radius 1 is 1.22 bits per heavy atom. The Kier molecular flexibility index (Phi) is 6.50. The average molecular weight is 498 g/mol. The molecule has 1 fully saturated rings. The van der Waals surface area contributed by atoms with Gasteiger partial charge < -0.3 is 15.5 Å². The fourth-order valence-electron chi connectivity index (χ4n) is 3.68. The zero-order valence-corrected chi connectivity index (χ0v) is 19.5. The van der Waals surface area contributed by atoms with Crippen LogP contribution in [0.2, 0.25) is 0 Å². The average Bonchev–Trinajstić information content (AvgIpc) is 3.36. The minimum atomic E-state index is -0.362. The van der Waals surface area contributed by atoms with E-state index in [1.54, 1.807) is 11.1 Å². The van der Waals surface area contributed by atoms with Crippen molar-refractivity contribution in [1.82, 2.24) is 24.8 Å². The Hall–Kier alpha value is -3.27. The quantitative estimate of drug-likeness (QED) is 0.486. The molecule has 166 valence electrons. The van der Waals surface area contributed by atoms with Gasteiger partial charge in [0.1, 0.15) is 23.3 Å². The number of imidazole rings is 1. The van der Waals surface area contributed by atoms with Gasteiger partial charge in [-0.3, -0.25) is 14.2 Å². The first kappa shape index (κ1) is 21.9. The van der Waals surface area contributed by atoms with E-state index in [0.717, 1.165) is 21.8 Å². The molecule has 2 N–H and O–H groups in total. The number of anilines is 2. The lowest BCUT2D eigenvalue weighted by molar-refractivity contribution is -0.126. The summed E-state index contributed by atoms with van der Waals surface area (Å²) in [5.74, 6) is 2.36. The predicted molar refractivity (Wildman–Crippen MR) is 125 cm³/mol. The van der Waals surface area contributed by atoms with E-state index < -0.39 is 0 Å². The van der Waals surface area contributed by atoms with E-state index in [9.17, 15) is 9.59 Å². The second-order valence-electron chi connectivity index (χ2n) is 7.61. The number of benzene rings is 1. The first-order valence-corrected chi connectivity index (χ1v) is 11.1. The van der Waals surface area contributed by atoms with Gasteiger partial charge in [-0.05, 0) is 32.0 Å². The molecule has 1 aliphatic heterocycles. The number of hydrogen-bond donors (Lipinski definition) is 2. The summed E-state index contributed by atoms with van der Waals surface area (Å²) in [5.41, 5.74) is 0.796. The van der Waals surface area contributed by atoms with E-state index in [-0.39, 0.29) is 24.2 Å². The van der Waals surface area contributed by atoms with E-state index >= 15 is 0 Å². The van der Waals surface area contributed by atoms with Crippen LogP contribution in [-0.2, 0) is 9.59 Å². The van der Waals surface area contributed by atoms with Crippen LogP contribution >= 0.6 is 15.9 Å². The monoisotopic (exact) mass is 497 g/mol. The van der Waals surface area contributed by atoms with E-state index in [0.29, 0.717) is 31.3 Å². The second kappa shape index (κ2) is 9.47. The topological polar surface area (TPSA) is 105 Å². The minimum Gasteiger partial charge on any atom is -0.368 e. The molecule has 0 aliphatic carbocycles. The third-order valence-corrected chi connectivity index (χ3v) is 5.74. The fourth-order valence-corrected chi connectivity index (χ4v) is 4.07. The number of carbonyl (C=O) groups excluding carboxylic acids is 2. The molecule has 1 atom stereocenters. The van der Waals surface area contributed by atoms with Gasteiger partial charge in [0.15, 0.2) is 0 Å². The number of nitrogens with zero attached hydrogens (tertiary/aromatic N) is 5. The first-order chi connectivity index (χ1) is 15.4. The maximum absolute atomic E-state index is 12.6. The number of aryl methyl sites for hydroxylation is 2. The lowest BCUT2D eigenvalue weighted by atomic mass is 10.1. The molecule has 2 amide bonds. The van der Waals surface area contributed by atoms with Crippen LogP contribution in [0.1, 0.15) is 18.1 Å². The molecule has 1 aromatic carbocycles. The second-order valence-corrected chi connectivity index (χ2v) is 8.52. The predicted octanol–water partition coefficient (Wildman–Crippen LogP) is 2.62. The molecule has 4 rings (SSSR count). The SMILES string of the molecule is Cc1nc(NCCNC(=O)[C@H]2CC(=O)N(c3cccc(Br)c3)C2)cc(-n2ccnc2C)n1. The highest BCUT2D eigenvalue weighted by Gasteiger charge is 2.34. The van der Waals surface area contributed by atoms with E-state index in [2.05, 4.69) is 41.5 Å². The highest BCUT2D eigenvalue weighted by Crippen LogP contribution is 2.27. The molecule has 0 unspecified atom stereocenters. The van der Waals surface area contributed by atoms with Crippen LogP contribution in [0.15, 0.2) is 47.2 Å². The first-order valence-electron chi connectivity index (χ1n) is 10.3. The molecule has 9 nitrogen and oxygen atoms in total. The van der Waals surface area contributed by atoms with Crippen LogP contribution in [0.3, 0.4) is 0 Å². The Morgan fingerprint density at radius 2 is 2.06 bits per heavy atom. The lowest BCUT2D eigenvalue weighted by Gasteiger charge is -2.17. The molecule has 0 spiro atoms. The number of carbonyl (C=O) groups is 2. The number of rotatable bonds is 7. The number of halogens is 1. The van der Waals surface area contributed by atoms with Gasteiger partial charge >= 0.3 is 0 Å². The standard InChI is InChI=1S/C22H24BrN7O2/c1-14-27-19(12-20(28-14)29-9-8-24-15(29)2)25-6-7-26-22(32)16-10-21(31)30(13-16)18-5-3-4-17(23)11-18/h3-5,8-9,11-12,16H,6-7,10,13H2,1-2H3,(H,26,32)(H,25,27,28)/t16-/m0/s1. The number of hydrogen-bond acceptors (Lipinski definition) is 6. The van der Waals surface area contributed by atoms with Crippen molar-refractivity contribution in [1.29, 1.82) is 0 Å². The lowest BCUT2D eigenvalue weighted by Crippen LogP contribution is -2.35. The molecule has 1 aliphatic rings. The van der Waals surface area contributed by atoms with Gasteiger partial charge in [-0.2, -0.15) is 0 Å². The molecular weight excluding hydrogens is 474 g/mol. The smallest absolute Gasteiger partial charge is 0.227 e. The van der Waals surface area contributed by atoms with E-state index in [4.69, 9.17) is 0 Å². The largest absolute Gasteiger partial charge is 0.368 e. The molecule has 0 saturated carbocycles. The fraction of sp³-hybridized carbons (Fsp3) is 0.318. The van der Waals surface area contributed by atoms with E-state index in [1.165, 1.54) is 0 Å². The number of amides is 2. The Labute approximate surface area is 194 Å². The summed E-state index contributed by atoms with van der Waals surface area (Å²) >= 11 is 3.42. The van der Waals surface area contributed by atoms with Crippen molar-refractivity contribution in [2.75, 3.05) is 29.9 Å². The van der Waals surface area contributed by atoms with Gasteiger partial charge in [0.05, 0.1) is 5.92 Å². The van der Waals surface area contributed by atoms with Crippen molar-refractivity contribution < 1.29 is 9.59 Å². The van der Waals surface area contributed by atoms with Crippen LogP contribution in [0.25, 0.3) is 5.82 Å². The Morgan fingerprint density at radius 3 is 2.81 bits per heavy atom. The molecule has 2 aromatic heterocycles. The number of aromatic nitrogens is 4. The summed E-state index contributed by atoms with van der Waals surface area (Å²) in [7, 11) is 0. The molecule has 3 heterocycles. The van der Waals surface area contributed by atoms with Crippen LogP contribution in [0.5, 0.6) is 0 Å². The van der Waals surface area contributed by atoms with Crippen LogP contribution in [-0.4, -0.2) is 51.0 Å². The summed E-state index contributed by atoms with van der Waals surface area (Å²) in [6.45, 7) is 5.04. The van der Waals surface area contributed by atoms with Crippen molar-refractivity contribution in [3.05, 3.63) is 58.8 Å². The van der Waals surface area contributed by atoms with Gasteiger partial charge in [-0.15, -0.1) is 0 Å². The Balaban J connectivity index is 1.29. The maximum Gasteiger partial charge on any atom is 0.227 e. The zero-order valence-electron chi connectivity index (χ0n) is 17.9. The third kappa shape index (κ3) is 4.96. The normalized spacial score (nSPS) is 15.8. The van der Waals surface area contributed by atoms with Gasteiger partial charge in [0.25, 0.3) is 0 Å². The zero-order chi connectivity index (χ0) is 22.7. The van der Waals surface area contributed by atoms with E-state index in [1.807, 2.05) is 54.9 Å².